The van der Waals surface area contributed by atoms with Crippen LogP contribution in [0.1, 0.15) is 49.9 Å². The maximum atomic E-state index is 13.0. The minimum atomic E-state index is -4.88. The molecule has 5 atom stereocenters. The lowest BCUT2D eigenvalue weighted by Crippen LogP contribution is -2.57. The molecule has 37 heavy (non-hydrogen) atoms. The summed E-state index contributed by atoms with van der Waals surface area (Å²) >= 11 is 0. The second-order valence-corrected chi connectivity index (χ2v) is 11.7. The molecule has 2 aliphatic carbocycles. The number of carbonyl (C=O) groups is 2. The standard InChI is InChI=1S/C27H33O9P/c1-17-8-11-22-26(2,20(17)10-9-18-13-15-34-24(18)29)14-12-23(28)27(22,3)16-35-25(30)19-6-4-5-7-21(19)36-37(31,32)33/h4-7,9-10,13,20,22-23,28H,1,8,11-12,14-16H2,2-3H3,(H2,31,32,33)/b10-9+/t20?,22?,23-,26-,27+/m1/s1. The van der Waals surface area contributed by atoms with Gasteiger partial charge < -0.3 is 19.1 Å². The highest BCUT2D eigenvalue weighted by Crippen LogP contribution is 2.61. The number of fused-ring (bicyclic) bond motifs is 1. The molecule has 0 radical (unpaired) electrons. The van der Waals surface area contributed by atoms with Gasteiger partial charge in [-0.3, -0.25) is 9.79 Å². The van der Waals surface area contributed by atoms with Crippen LogP contribution in [-0.4, -0.2) is 46.1 Å². The van der Waals surface area contributed by atoms with Crippen LogP contribution in [0, 0.1) is 22.7 Å². The second kappa shape index (κ2) is 10.2. The molecule has 1 heterocycles. The average Bonchev–Trinajstić information content (AvgIpc) is 3.24. The van der Waals surface area contributed by atoms with E-state index in [0.717, 1.165) is 24.8 Å². The van der Waals surface area contributed by atoms with Crippen molar-refractivity contribution in [3.63, 3.8) is 0 Å². The van der Waals surface area contributed by atoms with E-state index in [4.69, 9.17) is 9.47 Å². The summed E-state index contributed by atoms with van der Waals surface area (Å²) in [5.74, 6) is -1.49. The van der Waals surface area contributed by atoms with Crippen LogP contribution in [0.15, 0.2) is 60.2 Å². The SMILES string of the molecule is C=C1CCC2[C@](C)(CC[C@@H](O)[C@@]2(C)COC(=O)c2ccccc2OP(=O)(O)O)C1/C=C/C1=CCOC1=O. The fourth-order valence-electron chi connectivity index (χ4n) is 6.32. The minimum Gasteiger partial charge on any atom is -0.461 e. The number of aliphatic hydroxyl groups is 1. The largest absolute Gasteiger partial charge is 0.524 e. The lowest BCUT2D eigenvalue weighted by atomic mass is 9.46. The molecule has 9 nitrogen and oxygen atoms in total. The first-order chi connectivity index (χ1) is 17.3. The van der Waals surface area contributed by atoms with Gasteiger partial charge >= 0.3 is 19.8 Å². The van der Waals surface area contributed by atoms with Gasteiger partial charge in [0.1, 0.15) is 17.9 Å². The number of phosphoric acid groups is 1. The Hall–Kier alpha value is -2.71. The molecular weight excluding hydrogens is 499 g/mol. The van der Waals surface area contributed by atoms with E-state index in [2.05, 4.69) is 18.0 Å². The van der Waals surface area contributed by atoms with Crippen molar-refractivity contribution in [2.45, 2.75) is 45.6 Å². The topological polar surface area (TPSA) is 140 Å². The number of benzene rings is 1. The third-order valence-corrected chi connectivity index (χ3v) is 8.71. The van der Waals surface area contributed by atoms with Crippen LogP contribution in [0.5, 0.6) is 5.75 Å². The van der Waals surface area contributed by atoms with Crippen molar-refractivity contribution in [3.8, 4) is 5.75 Å². The zero-order valence-electron chi connectivity index (χ0n) is 21.0. The van der Waals surface area contributed by atoms with Gasteiger partial charge in [-0.1, -0.05) is 50.3 Å². The van der Waals surface area contributed by atoms with Crippen LogP contribution >= 0.6 is 7.82 Å². The van der Waals surface area contributed by atoms with Crippen molar-refractivity contribution >= 4 is 19.8 Å². The van der Waals surface area contributed by atoms with Crippen LogP contribution in [0.3, 0.4) is 0 Å². The Morgan fingerprint density at radius 2 is 2.00 bits per heavy atom. The Bertz CT molecular complexity index is 1200. The fraction of sp³-hybridized carbons (Fsp3) is 0.481. The zero-order valence-corrected chi connectivity index (χ0v) is 21.9. The summed E-state index contributed by atoms with van der Waals surface area (Å²) in [5.41, 5.74) is 0.386. The molecule has 10 heteroatoms. The molecule has 0 spiro atoms. The number of cyclic esters (lactones) is 1. The number of aliphatic hydroxyl groups excluding tert-OH is 1. The summed E-state index contributed by atoms with van der Waals surface area (Å²) in [5, 5.41) is 11.1. The van der Waals surface area contributed by atoms with Gasteiger partial charge in [0, 0.05) is 11.3 Å². The lowest BCUT2D eigenvalue weighted by Gasteiger charge is -2.59. The maximum absolute atomic E-state index is 13.0. The van der Waals surface area contributed by atoms with E-state index in [-0.39, 0.29) is 47.7 Å². The molecule has 2 fully saturated rings. The molecule has 0 bridgehead atoms. The summed E-state index contributed by atoms with van der Waals surface area (Å²) in [6, 6.07) is 5.67. The predicted octanol–water partition coefficient (Wildman–Crippen LogP) is 4.10. The summed E-state index contributed by atoms with van der Waals surface area (Å²) in [7, 11) is -4.88. The van der Waals surface area contributed by atoms with Crippen molar-refractivity contribution in [2.24, 2.45) is 22.7 Å². The highest BCUT2D eigenvalue weighted by atomic mass is 31.2. The Labute approximate surface area is 216 Å². The number of ether oxygens (including phenoxy) is 2. The molecule has 200 valence electrons. The van der Waals surface area contributed by atoms with E-state index < -0.39 is 25.3 Å². The van der Waals surface area contributed by atoms with Crippen LogP contribution in [-0.2, 0) is 18.8 Å². The molecule has 0 saturated heterocycles. The maximum Gasteiger partial charge on any atom is 0.524 e. The highest BCUT2D eigenvalue weighted by Gasteiger charge is 2.58. The number of hydrogen-bond donors (Lipinski definition) is 3. The van der Waals surface area contributed by atoms with E-state index in [1.54, 1.807) is 12.2 Å². The smallest absolute Gasteiger partial charge is 0.461 e. The number of para-hydroxylation sites is 1. The van der Waals surface area contributed by atoms with Crippen molar-refractivity contribution in [3.05, 3.63) is 65.8 Å². The van der Waals surface area contributed by atoms with E-state index in [1.165, 1.54) is 24.3 Å². The molecule has 3 N–H and O–H groups in total. The second-order valence-electron chi connectivity index (χ2n) is 10.6. The summed E-state index contributed by atoms with van der Waals surface area (Å²) < 4.78 is 26.6. The van der Waals surface area contributed by atoms with Gasteiger partial charge in [-0.15, -0.1) is 0 Å². The van der Waals surface area contributed by atoms with Gasteiger partial charge in [-0.2, -0.15) is 0 Å². The average molecular weight is 533 g/mol. The van der Waals surface area contributed by atoms with Gasteiger partial charge in [0.15, 0.2) is 0 Å². The van der Waals surface area contributed by atoms with Gasteiger partial charge in [0.05, 0.1) is 18.3 Å². The van der Waals surface area contributed by atoms with Crippen LogP contribution in [0.25, 0.3) is 0 Å². The molecule has 3 aliphatic rings. The summed E-state index contributed by atoms with van der Waals surface area (Å²) in [4.78, 5) is 43.2. The molecule has 2 unspecified atom stereocenters. The van der Waals surface area contributed by atoms with Gasteiger partial charge in [-0.05, 0) is 55.2 Å². The van der Waals surface area contributed by atoms with E-state index >= 15 is 0 Å². The molecule has 1 aromatic carbocycles. The number of rotatable bonds is 7. The number of hydrogen-bond acceptors (Lipinski definition) is 7. The number of phosphoric ester groups is 1. The van der Waals surface area contributed by atoms with E-state index in [9.17, 15) is 29.0 Å². The first-order valence-electron chi connectivity index (χ1n) is 12.3. The molecular formula is C27H33O9P. The highest BCUT2D eigenvalue weighted by molar-refractivity contribution is 7.46. The molecule has 1 aliphatic heterocycles. The van der Waals surface area contributed by atoms with Crippen LogP contribution in [0.4, 0.5) is 0 Å². The van der Waals surface area contributed by atoms with E-state index in [1.807, 2.05) is 13.0 Å². The van der Waals surface area contributed by atoms with Crippen molar-refractivity contribution in [1.29, 1.82) is 0 Å². The molecule has 4 rings (SSSR count). The summed E-state index contributed by atoms with van der Waals surface area (Å²) in [6.07, 6.45) is 7.54. The number of allylic oxidation sites excluding steroid dienone is 2. The Kier molecular flexibility index (Phi) is 7.55. The van der Waals surface area contributed by atoms with Gasteiger partial charge in [-0.25, -0.2) is 14.2 Å². The number of esters is 2. The Morgan fingerprint density at radius 1 is 1.27 bits per heavy atom. The Morgan fingerprint density at radius 3 is 2.68 bits per heavy atom. The predicted molar refractivity (Wildman–Crippen MR) is 134 cm³/mol. The Balaban J connectivity index is 1.56. The zero-order chi connectivity index (χ0) is 27.0. The first-order valence-corrected chi connectivity index (χ1v) is 13.8. The van der Waals surface area contributed by atoms with Crippen LogP contribution in [0.2, 0.25) is 0 Å². The third kappa shape index (κ3) is 5.46. The third-order valence-electron chi connectivity index (χ3n) is 8.27. The minimum absolute atomic E-state index is 0.0252. The molecule has 0 amide bonds. The van der Waals surface area contributed by atoms with Crippen molar-refractivity contribution < 1.29 is 43.0 Å². The fourth-order valence-corrected chi connectivity index (χ4v) is 6.74. The van der Waals surface area contributed by atoms with Crippen LogP contribution < -0.4 is 4.52 Å². The van der Waals surface area contributed by atoms with Gasteiger partial charge in [0.25, 0.3) is 0 Å². The van der Waals surface area contributed by atoms with Crippen molar-refractivity contribution in [1.82, 2.24) is 0 Å². The quantitative estimate of drug-likeness (QED) is 0.269. The molecule has 0 aromatic heterocycles. The normalized spacial score (nSPS) is 32.0. The molecule has 2 saturated carbocycles. The monoisotopic (exact) mass is 532 g/mol. The number of carbonyl (C=O) groups excluding carboxylic acids is 2. The lowest BCUT2D eigenvalue weighted by molar-refractivity contribution is -0.147. The van der Waals surface area contributed by atoms with E-state index in [0.29, 0.717) is 12.0 Å². The van der Waals surface area contributed by atoms with Gasteiger partial charge in [0.2, 0.25) is 0 Å². The first kappa shape index (κ1) is 27.3. The van der Waals surface area contributed by atoms with Crippen molar-refractivity contribution in [2.75, 3.05) is 13.2 Å². The summed E-state index contributed by atoms with van der Waals surface area (Å²) in [6.45, 7) is 8.56. The molecule has 1 aromatic rings.